The average molecular weight is 408 g/mol. The molecular formula is C20H33N5O2S. The van der Waals surface area contributed by atoms with Crippen molar-refractivity contribution in [3.8, 4) is 0 Å². The molecule has 156 valence electrons. The summed E-state index contributed by atoms with van der Waals surface area (Å²) in [6.07, 6.45) is 6.58. The Hall–Kier alpha value is -1.64. The summed E-state index contributed by atoms with van der Waals surface area (Å²) in [6.45, 7) is 2.85. The molecule has 0 radical (unpaired) electrons. The van der Waals surface area contributed by atoms with Gasteiger partial charge < -0.3 is 10.6 Å². The van der Waals surface area contributed by atoms with Crippen LogP contribution in [-0.2, 0) is 16.6 Å². The topological polar surface area (TPSA) is 77.0 Å². The van der Waals surface area contributed by atoms with Gasteiger partial charge in [-0.1, -0.05) is 25.0 Å². The Morgan fingerprint density at radius 3 is 2.46 bits per heavy atom. The molecule has 0 aromatic heterocycles. The molecule has 0 spiro atoms. The van der Waals surface area contributed by atoms with Gasteiger partial charge in [0.1, 0.15) is 0 Å². The summed E-state index contributed by atoms with van der Waals surface area (Å²) in [5.74, 6) is 0.795. The second-order valence-corrected chi connectivity index (χ2v) is 10.1. The fraction of sp³-hybridized carbons (Fsp3) is 0.650. The minimum atomic E-state index is -3.39. The van der Waals surface area contributed by atoms with E-state index in [1.807, 2.05) is 12.1 Å². The van der Waals surface area contributed by atoms with Gasteiger partial charge in [0.2, 0.25) is 10.0 Å². The number of hydrogen-bond donors (Lipinski definition) is 2. The standard InChI is InChI=1S/C20H33N5O2S/c1-21-20(23-17-12-13-25(15-17)18-6-4-5-7-18)22-14-16-8-10-19(11-9-16)28(26,27)24(2)3/h8-11,17-18H,4-7,12-15H2,1-3H3,(H2,21,22,23). The first-order chi connectivity index (χ1) is 13.4. The molecule has 2 fully saturated rings. The minimum Gasteiger partial charge on any atom is -0.352 e. The molecule has 0 bridgehead atoms. The van der Waals surface area contributed by atoms with E-state index in [4.69, 9.17) is 0 Å². The highest BCUT2D eigenvalue weighted by atomic mass is 32.2. The van der Waals surface area contributed by atoms with Crippen LogP contribution < -0.4 is 10.6 Å². The average Bonchev–Trinajstić information content (AvgIpc) is 3.37. The number of nitrogens with one attached hydrogen (secondary N) is 2. The van der Waals surface area contributed by atoms with Crippen LogP contribution in [0.25, 0.3) is 0 Å². The van der Waals surface area contributed by atoms with E-state index in [9.17, 15) is 8.42 Å². The molecule has 1 aromatic rings. The summed E-state index contributed by atoms with van der Waals surface area (Å²) < 4.78 is 25.5. The molecule has 2 aliphatic rings. The first kappa shape index (κ1) is 21.1. The van der Waals surface area contributed by atoms with Crippen molar-refractivity contribution < 1.29 is 8.42 Å². The van der Waals surface area contributed by atoms with Crippen molar-refractivity contribution in [1.29, 1.82) is 0 Å². The first-order valence-electron chi connectivity index (χ1n) is 10.1. The molecular weight excluding hydrogens is 374 g/mol. The van der Waals surface area contributed by atoms with Gasteiger partial charge in [-0.3, -0.25) is 9.89 Å². The van der Waals surface area contributed by atoms with Crippen LogP contribution in [0.1, 0.15) is 37.7 Å². The Balaban J connectivity index is 1.49. The molecule has 1 saturated carbocycles. The number of aliphatic imine (C=N–C) groups is 1. The smallest absolute Gasteiger partial charge is 0.242 e. The number of benzene rings is 1. The van der Waals surface area contributed by atoms with Gasteiger partial charge in [-0.2, -0.15) is 0 Å². The number of rotatable bonds is 6. The highest BCUT2D eigenvalue weighted by molar-refractivity contribution is 7.89. The van der Waals surface area contributed by atoms with E-state index >= 15 is 0 Å². The second kappa shape index (κ2) is 9.24. The van der Waals surface area contributed by atoms with Gasteiger partial charge in [-0.25, -0.2) is 12.7 Å². The predicted octanol–water partition coefficient (Wildman–Crippen LogP) is 1.62. The summed E-state index contributed by atoms with van der Waals surface area (Å²) in [5.41, 5.74) is 1.01. The molecule has 1 unspecified atom stereocenters. The maximum absolute atomic E-state index is 12.1. The number of nitrogens with zero attached hydrogens (tertiary/aromatic N) is 3. The third kappa shape index (κ3) is 5.04. The molecule has 3 rings (SSSR count). The van der Waals surface area contributed by atoms with E-state index in [0.717, 1.165) is 30.5 Å². The Kier molecular flexibility index (Phi) is 6.95. The molecule has 1 saturated heterocycles. The molecule has 8 heteroatoms. The van der Waals surface area contributed by atoms with Gasteiger partial charge in [-0.05, 0) is 37.0 Å². The maximum Gasteiger partial charge on any atom is 0.242 e. The molecule has 1 heterocycles. The second-order valence-electron chi connectivity index (χ2n) is 7.92. The van der Waals surface area contributed by atoms with Crippen molar-refractivity contribution >= 4 is 16.0 Å². The summed E-state index contributed by atoms with van der Waals surface area (Å²) in [4.78, 5) is 7.28. The van der Waals surface area contributed by atoms with Crippen LogP contribution >= 0.6 is 0 Å². The number of hydrogen-bond acceptors (Lipinski definition) is 4. The lowest BCUT2D eigenvalue weighted by Gasteiger charge is -2.24. The zero-order valence-electron chi connectivity index (χ0n) is 17.2. The summed E-state index contributed by atoms with van der Waals surface area (Å²) >= 11 is 0. The van der Waals surface area contributed by atoms with E-state index in [0.29, 0.717) is 17.5 Å². The fourth-order valence-corrected chi connectivity index (χ4v) is 4.97. The highest BCUT2D eigenvalue weighted by Gasteiger charge is 2.30. The van der Waals surface area contributed by atoms with Crippen LogP contribution in [0.3, 0.4) is 0 Å². The van der Waals surface area contributed by atoms with Crippen LogP contribution in [0.4, 0.5) is 0 Å². The van der Waals surface area contributed by atoms with Gasteiger partial charge in [-0.15, -0.1) is 0 Å². The van der Waals surface area contributed by atoms with Crippen molar-refractivity contribution in [2.24, 2.45) is 4.99 Å². The molecule has 1 aromatic carbocycles. The predicted molar refractivity (Wildman–Crippen MR) is 113 cm³/mol. The van der Waals surface area contributed by atoms with Crippen molar-refractivity contribution in [2.75, 3.05) is 34.2 Å². The monoisotopic (exact) mass is 407 g/mol. The van der Waals surface area contributed by atoms with E-state index in [1.54, 1.807) is 19.2 Å². The Labute approximate surface area is 169 Å². The quantitative estimate of drug-likeness (QED) is 0.554. The lowest BCUT2D eigenvalue weighted by Crippen LogP contribution is -2.45. The van der Waals surface area contributed by atoms with Crippen molar-refractivity contribution in [3.63, 3.8) is 0 Å². The van der Waals surface area contributed by atoms with Crippen molar-refractivity contribution in [2.45, 2.75) is 55.6 Å². The zero-order valence-corrected chi connectivity index (χ0v) is 18.0. The normalized spacial score (nSPS) is 22.1. The molecule has 7 nitrogen and oxygen atoms in total. The molecule has 28 heavy (non-hydrogen) atoms. The molecule has 1 aliphatic carbocycles. The SMILES string of the molecule is CN=C(NCc1ccc(S(=O)(=O)N(C)C)cc1)NC1CCN(C2CCCC2)C1. The van der Waals surface area contributed by atoms with Crippen molar-refractivity contribution in [1.82, 2.24) is 19.8 Å². The zero-order chi connectivity index (χ0) is 20.1. The van der Waals surface area contributed by atoms with Gasteiger partial charge in [0.15, 0.2) is 5.96 Å². The molecule has 0 amide bonds. The maximum atomic E-state index is 12.1. The van der Waals surface area contributed by atoms with Crippen LogP contribution in [0.2, 0.25) is 0 Å². The van der Waals surface area contributed by atoms with Crippen LogP contribution in [-0.4, -0.2) is 69.9 Å². The summed E-state index contributed by atoms with van der Waals surface area (Å²) in [5, 5.41) is 6.87. The Morgan fingerprint density at radius 1 is 1.18 bits per heavy atom. The summed E-state index contributed by atoms with van der Waals surface area (Å²) in [7, 11) is 1.48. The van der Waals surface area contributed by atoms with Gasteiger partial charge in [0, 0.05) is 52.9 Å². The Bertz CT molecular complexity index is 770. The van der Waals surface area contributed by atoms with Gasteiger partial charge in [0.25, 0.3) is 0 Å². The number of sulfonamides is 1. The van der Waals surface area contributed by atoms with Crippen LogP contribution in [0.15, 0.2) is 34.2 Å². The van der Waals surface area contributed by atoms with Gasteiger partial charge in [0.05, 0.1) is 4.90 Å². The minimum absolute atomic E-state index is 0.307. The third-order valence-corrected chi connectivity index (χ3v) is 7.62. The number of guanidine groups is 1. The van der Waals surface area contributed by atoms with E-state index < -0.39 is 10.0 Å². The highest BCUT2D eigenvalue weighted by Crippen LogP contribution is 2.26. The van der Waals surface area contributed by atoms with Crippen LogP contribution in [0, 0.1) is 0 Å². The van der Waals surface area contributed by atoms with Gasteiger partial charge >= 0.3 is 0 Å². The molecule has 1 aliphatic heterocycles. The number of likely N-dealkylation sites (tertiary alicyclic amines) is 1. The molecule has 2 N–H and O–H groups in total. The van der Waals surface area contributed by atoms with Crippen molar-refractivity contribution in [3.05, 3.63) is 29.8 Å². The van der Waals surface area contributed by atoms with E-state index in [1.165, 1.54) is 50.6 Å². The lowest BCUT2D eigenvalue weighted by atomic mass is 10.2. The fourth-order valence-electron chi connectivity index (χ4n) is 4.07. The Morgan fingerprint density at radius 2 is 1.86 bits per heavy atom. The first-order valence-corrected chi connectivity index (χ1v) is 11.6. The van der Waals surface area contributed by atoms with E-state index in [-0.39, 0.29) is 0 Å². The summed E-state index contributed by atoms with van der Waals surface area (Å²) in [6, 6.07) is 8.19. The molecule has 1 atom stereocenters. The van der Waals surface area contributed by atoms with E-state index in [2.05, 4.69) is 20.5 Å². The van der Waals surface area contributed by atoms with Crippen LogP contribution in [0.5, 0.6) is 0 Å². The largest absolute Gasteiger partial charge is 0.352 e. The lowest BCUT2D eigenvalue weighted by molar-refractivity contribution is 0.242. The third-order valence-electron chi connectivity index (χ3n) is 5.79.